The van der Waals surface area contributed by atoms with Crippen LogP contribution >= 0.6 is 0 Å². The van der Waals surface area contributed by atoms with E-state index in [1.54, 1.807) is 0 Å². The van der Waals surface area contributed by atoms with E-state index in [0.717, 1.165) is 18.8 Å². The molecule has 1 aromatic rings. The Labute approximate surface area is 96.3 Å². The third kappa shape index (κ3) is 3.27. The van der Waals surface area contributed by atoms with Gasteiger partial charge in [0.1, 0.15) is 0 Å². The lowest BCUT2D eigenvalue weighted by Crippen LogP contribution is -2.35. The van der Waals surface area contributed by atoms with Crippen LogP contribution in [0.2, 0.25) is 0 Å². The van der Waals surface area contributed by atoms with Crippen molar-refractivity contribution in [2.75, 3.05) is 19.6 Å². The summed E-state index contributed by atoms with van der Waals surface area (Å²) in [6.07, 6.45) is 1.53. The largest absolute Gasteiger partial charge is 0.390 e. The van der Waals surface area contributed by atoms with Gasteiger partial charge in [-0.05, 0) is 19.1 Å². The third-order valence-electron chi connectivity index (χ3n) is 2.81. The normalized spacial score (nSPS) is 27.6. The Kier molecular flexibility index (Phi) is 3.88. The number of aliphatic hydroxyl groups is 1. The Hall–Kier alpha value is -0.970. The Bertz CT molecular complexity index is 305. The molecule has 2 N–H and O–H groups in total. The first kappa shape index (κ1) is 11.5. The highest BCUT2D eigenvalue weighted by Gasteiger charge is 2.19. The van der Waals surface area contributed by atoms with Crippen LogP contribution in [-0.2, 0) is 6.54 Å². The van der Waals surface area contributed by atoms with E-state index in [4.69, 9.17) is 0 Å². The zero-order chi connectivity index (χ0) is 11.4. The fourth-order valence-electron chi connectivity index (χ4n) is 2.08. The van der Waals surface area contributed by atoms with Crippen molar-refractivity contribution < 1.29 is 5.11 Å². The van der Waals surface area contributed by atoms with Gasteiger partial charge in [-0.15, -0.1) is 0 Å². The van der Waals surface area contributed by atoms with Crippen LogP contribution in [-0.4, -0.2) is 46.8 Å². The third-order valence-corrected chi connectivity index (χ3v) is 2.81. The monoisotopic (exact) mass is 221 g/mol. The van der Waals surface area contributed by atoms with Gasteiger partial charge in [-0.1, -0.05) is 6.07 Å². The standard InChI is InChI=1S/C12H19N3O/c1-10-7-15(9-12(16)6-14-10)8-11-4-2-3-5-13-11/h2-5,10,12,14,16H,6-9H2,1H3. The summed E-state index contributed by atoms with van der Waals surface area (Å²) in [7, 11) is 0. The second-order valence-corrected chi connectivity index (χ2v) is 4.48. The number of β-amino-alcohol motifs (C(OH)–C–C–N with tert-alkyl or cyclic N) is 1. The van der Waals surface area contributed by atoms with E-state index in [1.165, 1.54) is 0 Å². The minimum absolute atomic E-state index is 0.284. The number of aliphatic hydroxyl groups excluding tert-OH is 1. The first-order valence-corrected chi connectivity index (χ1v) is 5.78. The number of pyridine rings is 1. The van der Waals surface area contributed by atoms with Crippen molar-refractivity contribution >= 4 is 0 Å². The van der Waals surface area contributed by atoms with E-state index in [2.05, 4.69) is 22.1 Å². The zero-order valence-electron chi connectivity index (χ0n) is 9.63. The Balaban J connectivity index is 1.97. The van der Waals surface area contributed by atoms with Gasteiger partial charge < -0.3 is 10.4 Å². The predicted octanol–water partition coefficient (Wildman–Crippen LogP) is 0.236. The molecule has 0 radical (unpaired) electrons. The van der Waals surface area contributed by atoms with Crippen LogP contribution in [0.25, 0.3) is 0 Å². The molecule has 0 aliphatic carbocycles. The Morgan fingerprint density at radius 1 is 1.50 bits per heavy atom. The second-order valence-electron chi connectivity index (χ2n) is 4.48. The van der Waals surface area contributed by atoms with Crippen molar-refractivity contribution in [2.45, 2.75) is 25.6 Å². The van der Waals surface area contributed by atoms with Gasteiger partial charge in [0.15, 0.2) is 0 Å². The topological polar surface area (TPSA) is 48.4 Å². The molecular weight excluding hydrogens is 202 g/mol. The molecule has 2 rings (SSSR count). The molecule has 0 amide bonds. The van der Waals surface area contributed by atoms with Crippen LogP contribution in [0.1, 0.15) is 12.6 Å². The van der Waals surface area contributed by atoms with Crippen LogP contribution in [0.5, 0.6) is 0 Å². The number of nitrogens with one attached hydrogen (secondary N) is 1. The van der Waals surface area contributed by atoms with Gasteiger partial charge in [0.2, 0.25) is 0 Å². The molecule has 88 valence electrons. The van der Waals surface area contributed by atoms with E-state index < -0.39 is 0 Å². The highest BCUT2D eigenvalue weighted by atomic mass is 16.3. The van der Waals surface area contributed by atoms with Crippen molar-refractivity contribution in [2.24, 2.45) is 0 Å². The summed E-state index contributed by atoms with van der Waals surface area (Å²) in [5, 5.41) is 13.0. The molecule has 1 aromatic heterocycles. The van der Waals surface area contributed by atoms with Crippen LogP contribution in [0.3, 0.4) is 0 Å². The van der Waals surface area contributed by atoms with E-state index in [1.807, 2.05) is 24.4 Å². The molecule has 0 aromatic carbocycles. The van der Waals surface area contributed by atoms with Crippen molar-refractivity contribution in [3.63, 3.8) is 0 Å². The van der Waals surface area contributed by atoms with Crippen molar-refractivity contribution in [3.8, 4) is 0 Å². The molecule has 16 heavy (non-hydrogen) atoms. The Morgan fingerprint density at radius 2 is 2.38 bits per heavy atom. The summed E-state index contributed by atoms with van der Waals surface area (Å²) in [5.74, 6) is 0. The highest BCUT2D eigenvalue weighted by molar-refractivity contribution is 5.03. The van der Waals surface area contributed by atoms with Gasteiger partial charge in [0.05, 0.1) is 11.8 Å². The molecule has 1 aliphatic heterocycles. The molecule has 0 spiro atoms. The van der Waals surface area contributed by atoms with E-state index in [0.29, 0.717) is 19.1 Å². The minimum Gasteiger partial charge on any atom is -0.390 e. The molecule has 1 saturated heterocycles. The zero-order valence-corrected chi connectivity index (χ0v) is 9.63. The van der Waals surface area contributed by atoms with Gasteiger partial charge in [-0.2, -0.15) is 0 Å². The summed E-state index contributed by atoms with van der Waals surface area (Å²) in [6.45, 7) is 5.30. The maximum absolute atomic E-state index is 9.73. The van der Waals surface area contributed by atoms with E-state index in [9.17, 15) is 5.11 Å². The first-order valence-electron chi connectivity index (χ1n) is 5.78. The van der Waals surface area contributed by atoms with Crippen LogP contribution in [0.4, 0.5) is 0 Å². The maximum atomic E-state index is 9.73. The molecular formula is C12H19N3O. The number of aromatic nitrogens is 1. The molecule has 2 atom stereocenters. The quantitative estimate of drug-likeness (QED) is 0.751. The van der Waals surface area contributed by atoms with E-state index in [-0.39, 0.29) is 6.10 Å². The van der Waals surface area contributed by atoms with E-state index >= 15 is 0 Å². The molecule has 2 heterocycles. The smallest absolute Gasteiger partial charge is 0.0791 e. The predicted molar refractivity (Wildman–Crippen MR) is 63.0 cm³/mol. The summed E-state index contributed by atoms with van der Waals surface area (Å²) in [6, 6.07) is 6.36. The summed E-state index contributed by atoms with van der Waals surface area (Å²) in [5.41, 5.74) is 1.06. The van der Waals surface area contributed by atoms with Crippen molar-refractivity contribution in [1.29, 1.82) is 0 Å². The molecule has 0 bridgehead atoms. The fraction of sp³-hybridized carbons (Fsp3) is 0.583. The second kappa shape index (κ2) is 5.39. The lowest BCUT2D eigenvalue weighted by atomic mass is 10.2. The molecule has 1 aliphatic rings. The summed E-state index contributed by atoms with van der Waals surface area (Å²) >= 11 is 0. The van der Waals surface area contributed by atoms with Gasteiger partial charge >= 0.3 is 0 Å². The fourth-order valence-corrected chi connectivity index (χ4v) is 2.08. The number of nitrogens with zero attached hydrogens (tertiary/aromatic N) is 2. The Morgan fingerprint density at radius 3 is 3.12 bits per heavy atom. The number of hydrogen-bond donors (Lipinski definition) is 2. The van der Waals surface area contributed by atoms with Crippen molar-refractivity contribution in [1.82, 2.24) is 15.2 Å². The van der Waals surface area contributed by atoms with Crippen LogP contribution < -0.4 is 5.32 Å². The van der Waals surface area contributed by atoms with Gasteiger partial charge in [0, 0.05) is 38.4 Å². The molecule has 4 heteroatoms. The van der Waals surface area contributed by atoms with Crippen LogP contribution in [0, 0.1) is 0 Å². The van der Waals surface area contributed by atoms with Gasteiger partial charge in [-0.3, -0.25) is 9.88 Å². The maximum Gasteiger partial charge on any atom is 0.0791 e. The average molecular weight is 221 g/mol. The lowest BCUT2D eigenvalue weighted by molar-refractivity contribution is 0.126. The summed E-state index contributed by atoms with van der Waals surface area (Å²) in [4.78, 5) is 6.56. The van der Waals surface area contributed by atoms with Crippen LogP contribution in [0.15, 0.2) is 24.4 Å². The first-order chi connectivity index (χ1) is 7.74. The molecule has 0 saturated carbocycles. The van der Waals surface area contributed by atoms with Gasteiger partial charge in [0.25, 0.3) is 0 Å². The minimum atomic E-state index is -0.284. The number of rotatable bonds is 2. The SMILES string of the molecule is CC1CN(Cc2ccccn2)CC(O)CN1. The molecule has 2 unspecified atom stereocenters. The average Bonchev–Trinajstić information content (AvgIpc) is 2.42. The number of hydrogen-bond acceptors (Lipinski definition) is 4. The molecule has 4 nitrogen and oxygen atoms in total. The summed E-state index contributed by atoms with van der Waals surface area (Å²) < 4.78 is 0. The van der Waals surface area contributed by atoms with Gasteiger partial charge in [-0.25, -0.2) is 0 Å². The van der Waals surface area contributed by atoms with Crippen molar-refractivity contribution in [3.05, 3.63) is 30.1 Å². The molecule has 1 fully saturated rings. The lowest BCUT2D eigenvalue weighted by Gasteiger charge is -2.22. The highest BCUT2D eigenvalue weighted by Crippen LogP contribution is 2.06.